The standard InChI is InChI=1S/C21H24F2N6O2/c1-24-20(30)15-5-6-16(19(23)25-15)29-9-7-28(8-10-29)12-13-3-4-14-11-27(2)21(31)26-18(14)17(13)22/h3-6H,7-12H2,1-2H3,(H,24,30)(H,26,31). The molecule has 8 nitrogen and oxygen atoms in total. The molecule has 2 aliphatic rings. The highest BCUT2D eigenvalue weighted by Gasteiger charge is 2.26. The van der Waals surface area contributed by atoms with E-state index in [2.05, 4.69) is 20.5 Å². The SMILES string of the molecule is CNC(=O)c1ccc(N2CCN(Cc3ccc4c(c3F)NC(=O)N(C)C4)CC2)c(F)n1. The largest absolute Gasteiger partial charge is 0.365 e. The van der Waals surface area contributed by atoms with Crippen LogP contribution in [0.3, 0.4) is 0 Å². The van der Waals surface area contributed by atoms with Crippen molar-refractivity contribution in [3.63, 3.8) is 0 Å². The van der Waals surface area contributed by atoms with Crippen LogP contribution in [0.15, 0.2) is 24.3 Å². The van der Waals surface area contributed by atoms with Crippen LogP contribution in [-0.2, 0) is 13.1 Å². The van der Waals surface area contributed by atoms with E-state index in [1.807, 2.05) is 11.0 Å². The molecule has 3 amide bonds. The molecule has 3 heterocycles. The predicted molar refractivity (Wildman–Crippen MR) is 112 cm³/mol. The molecule has 0 spiro atoms. The lowest BCUT2D eigenvalue weighted by Gasteiger charge is -2.36. The maximum Gasteiger partial charge on any atom is 0.321 e. The van der Waals surface area contributed by atoms with Crippen molar-refractivity contribution in [3.8, 4) is 0 Å². The average molecular weight is 430 g/mol. The van der Waals surface area contributed by atoms with Crippen molar-refractivity contribution in [2.75, 3.05) is 50.5 Å². The number of rotatable bonds is 4. The van der Waals surface area contributed by atoms with E-state index in [1.165, 1.54) is 18.0 Å². The van der Waals surface area contributed by atoms with Gasteiger partial charge >= 0.3 is 6.03 Å². The summed E-state index contributed by atoms with van der Waals surface area (Å²) in [5.74, 6) is -1.53. The number of hydrogen-bond donors (Lipinski definition) is 2. The Balaban J connectivity index is 1.41. The summed E-state index contributed by atoms with van der Waals surface area (Å²) in [5, 5.41) is 5.04. The lowest BCUT2D eigenvalue weighted by Crippen LogP contribution is -2.46. The summed E-state index contributed by atoms with van der Waals surface area (Å²) in [6.45, 7) is 3.09. The highest BCUT2D eigenvalue weighted by molar-refractivity contribution is 5.92. The first-order valence-electron chi connectivity index (χ1n) is 10.1. The molecule has 2 aliphatic heterocycles. The molecule has 31 heavy (non-hydrogen) atoms. The van der Waals surface area contributed by atoms with Gasteiger partial charge in [-0.2, -0.15) is 4.39 Å². The van der Waals surface area contributed by atoms with Gasteiger partial charge in [-0.25, -0.2) is 14.2 Å². The van der Waals surface area contributed by atoms with Crippen LogP contribution in [0.5, 0.6) is 0 Å². The van der Waals surface area contributed by atoms with Crippen LogP contribution in [0.2, 0.25) is 0 Å². The second kappa shape index (κ2) is 8.46. The highest BCUT2D eigenvalue weighted by Crippen LogP contribution is 2.29. The number of piperazine rings is 1. The average Bonchev–Trinajstić information content (AvgIpc) is 2.77. The minimum atomic E-state index is -0.684. The van der Waals surface area contributed by atoms with E-state index in [0.717, 1.165) is 5.56 Å². The molecule has 1 aromatic heterocycles. The van der Waals surface area contributed by atoms with Crippen molar-refractivity contribution in [1.29, 1.82) is 0 Å². The summed E-state index contributed by atoms with van der Waals surface area (Å²) in [5.41, 5.74) is 1.89. The van der Waals surface area contributed by atoms with E-state index < -0.39 is 17.7 Å². The third-order valence-corrected chi connectivity index (χ3v) is 5.69. The van der Waals surface area contributed by atoms with Crippen LogP contribution >= 0.6 is 0 Å². The Morgan fingerprint density at radius 1 is 1.16 bits per heavy atom. The van der Waals surface area contributed by atoms with E-state index in [-0.39, 0.29) is 17.4 Å². The summed E-state index contributed by atoms with van der Waals surface area (Å²) in [4.78, 5) is 32.7. The summed E-state index contributed by atoms with van der Waals surface area (Å²) in [6, 6.07) is 6.33. The maximum atomic E-state index is 15.0. The lowest BCUT2D eigenvalue weighted by molar-refractivity contribution is 0.0957. The van der Waals surface area contributed by atoms with Gasteiger partial charge in [-0.05, 0) is 17.7 Å². The van der Waals surface area contributed by atoms with Gasteiger partial charge in [0.15, 0.2) is 5.82 Å². The number of pyridine rings is 1. The van der Waals surface area contributed by atoms with Gasteiger partial charge in [0, 0.05) is 58.9 Å². The van der Waals surface area contributed by atoms with E-state index >= 15 is 0 Å². The minimum absolute atomic E-state index is 0.0311. The fourth-order valence-electron chi connectivity index (χ4n) is 3.88. The van der Waals surface area contributed by atoms with Crippen molar-refractivity contribution in [3.05, 3.63) is 52.9 Å². The molecule has 1 aromatic carbocycles. The Morgan fingerprint density at radius 2 is 1.90 bits per heavy atom. The van der Waals surface area contributed by atoms with Gasteiger partial charge in [0.1, 0.15) is 5.69 Å². The summed E-state index contributed by atoms with van der Waals surface area (Å²) < 4.78 is 29.4. The Labute approximate surface area is 178 Å². The van der Waals surface area contributed by atoms with E-state index in [1.54, 1.807) is 19.2 Å². The monoisotopic (exact) mass is 430 g/mol. The van der Waals surface area contributed by atoms with E-state index in [0.29, 0.717) is 50.5 Å². The summed E-state index contributed by atoms with van der Waals surface area (Å²) >= 11 is 0. The predicted octanol–water partition coefficient (Wildman–Crippen LogP) is 2.02. The fraction of sp³-hybridized carbons (Fsp3) is 0.381. The van der Waals surface area contributed by atoms with E-state index in [9.17, 15) is 18.4 Å². The molecule has 2 aromatic rings. The van der Waals surface area contributed by atoms with Crippen molar-refractivity contribution in [2.45, 2.75) is 13.1 Å². The van der Waals surface area contributed by atoms with Crippen molar-refractivity contribution < 1.29 is 18.4 Å². The first kappa shape index (κ1) is 21.0. The molecule has 0 bridgehead atoms. The smallest absolute Gasteiger partial charge is 0.321 e. The molecule has 0 radical (unpaired) electrons. The summed E-state index contributed by atoms with van der Waals surface area (Å²) in [7, 11) is 3.13. The molecule has 0 aliphatic carbocycles. The van der Waals surface area contributed by atoms with Crippen LogP contribution in [0.25, 0.3) is 0 Å². The first-order chi connectivity index (χ1) is 14.9. The number of urea groups is 1. The normalized spacial score (nSPS) is 16.7. The molecule has 164 valence electrons. The molecule has 0 saturated carbocycles. The van der Waals surface area contributed by atoms with Crippen LogP contribution in [-0.4, -0.2) is 67.0 Å². The van der Waals surface area contributed by atoms with Crippen LogP contribution in [0, 0.1) is 11.8 Å². The number of fused-ring (bicyclic) bond motifs is 1. The highest BCUT2D eigenvalue weighted by atomic mass is 19.1. The molecular weight excluding hydrogens is 406 g/mol. The molecule has 10 heteroatoms. The van der Waals surface area contributed by atoms with Gasteiger partial charge in [0.05, 0.1) is 11.4 Å². The zero-order valence-electron chi connectivity index (χ0n) is 17.4. The van der Waals surface area contributed by atoms with Crippen molar-refractivity contribution >= 4 is 23.3 Å². The number of halogens is 2. The number of anilines is 2. The number of nitrogens with zero attached hydrogens (tertiary/aromatic N) is 4. The van der Waals surface area contributed by atoms with Gasteiger partial charge < -0.3 is 20.4 Å². The number of carbonyl (C=O) groups excluding carboxylic acids is 2. The van der Waals surface area contributed by atoms with Gasteiger partial charge in [-0.3, -0.25) is 9.69 Å². The molecular formula is C21H24F2N6O2. The van der Waals surface area contributed by atoms with Crippen LogP contribution < -0.4 is 15.5 Å². The second-order valence-electron chi connectivity index (χ2n) is 7.71. The van der Waals surface area contributed by atoms with Gasteiger partial charge in [-0.1, -0.05) is 12.1 Å². The van der Waals surface area contributed by atoms with Gasteiger partial charge in [0.25, 0.3) is 5.91 Å². The number of benzene rings is 1. The molecule has 4 rings (SSSR count). The van der Waals surface area contributed by atoms with Crippen molar-refractivity contribution in [1.82, 2.24) is 20.1 Å². The van der Waals surface area contributed by atoms with Crippen LogP contribution in [0.1, 0.15) is 21.6 Å². The fourth-order valence-corrected chi connectivity index (χ4v) is 3.88. The quantitative estimate of drug-likeness (QED) is 0.726. The topological polar surface area (TPSA) is 80.8 Å². The summed E-state index contributed by atoms with van der Waals surface area (Å²) in [6.07, 6.45) is 0. The zero-order chi connectivity index (χ0) is 22.1. The molecule has 1 fully saturated rings. The Bertz CT molecular complexity index is 1020. The van der Waals surface area contributed by atoms with Gasteiger partial charge in [0.2, 0.25) is 5.95 Å². The first-order valence-corrected chi connectivity index (χ1v) is 10.1. The minimum Gasteiger partial charge on any atom is -0.365 e. The zero-order valence-corrected chi connectivity index (χ0v) is 17.4. The Hall–Kier alpha value is -3.27. The third kappa shape index (κ3) is 4.15. The molecule has 0 atom stereocenters. The van der Waals surface area contributed by atoms with E-state index in [4.69, 9.17) is 0 Å². The molecule has 1 saturated heterocycles. The number of carbonyl (C=O) groups is 2. The number of nitrogens with one attached hydrogen (secondary N) is 2. The third-order valence-electron chi connectivity index (χ3n) is 5.69. The lowest BCUT2D eigenvalue weighted by atomic mass is 10.0. The Kier molecular flexibility index (Phi) is 5.73. The molecule has 2 N–H and O–H groups in total. The van der Waals surface area contributed by atoms with Crippen molar-refractivity contribution in [2.24, 2.45) is 0 Å². The van der Waals surface area contributed by atoms with Gasteiger partial charge in [-0.15, -0.1) is 0 Å². The Morgan fingerprint density at radius 3 is 2.58 bits per heavy atom. The number of hydrogen-bond acceptors (Lipinski definition) is 5. The maximum absolute atomic E-state index is 15.0. The second-order valence-corrected chi connectivity index (χ2v) is 7.71. The van der Waals surface area contributed by atoms with Crippen LogP contribution in [0.4, 0.5) is 25.0 Å². The number of amides is 3. The number of aromatic nitrogens is 1. The molecule has 0 unspecified atom stereocenters.